The highest BCUT2D eigenvalue weighted by molar-refractivity contribution is 5.85. The Morgan fingerprint density at radius 1 is 1.26 bits per heavy atom. The Labute approximate surface area is 119 Å². The predicted molar refractivity (Wildman–Crippen MR) is 74.1 cm³/mol. The van der Waals surface area contributed by atoms with E-state index in [2.05, 4.69) is 17.0 Å². The largest absolute Gasteiger partial charge is 0.454 e. The summed E-state index contributed by atoms with van der Waals surface area (Å²) in [5.74, 6) is 1.97. The zero-order valence-electron chi connectivity index (χ0n) is 11.0. The van der Waals surface area contributed by atoms with Crippen LogP contribution in [0.5, 0.6) is 11.5 Å². The molecular weight excluding hydrogens is 266 g/mol. The molecule has 1 aromatic carbocycles. The smallest absolute Gasteiger partial charge is 0.231 e. The molecule has 2 aliphatic rings. The van der Waals surface area contributed by atoms with Gasteiger partial charge in [-0.05, 0) is 36.6 Å². The van der Waals surface area contributed by atoms with Crippen molar-refractivity contribution in [3.05, 3.63) is 23.3 Å². The molecule has 0 bridgehead atoms. The number of ether oxygens (including phenoxy) is 2. The summed E-state index contributed by atoms with van der Waals surface area (Å²) < 4.78 is 10.8. The van der Waals surface area contributed by atoms with Gasteiger partial charge in [-0.15, -0.1) is 12.4 Å². The number of carbonyl (C=O) groups is 1. The number of hydrogen-bond donors (Lipinski definition) is 0. The second-order valence-electron chi connectivity index (χ2n) is 4.95. The topological polar surface area (TPSA) is 38.8 Å². The summed E-state index contributed by atoms with van der Waals surface area (Å²) in [6, 6.07) is 4.18. The fraction of sp³-hybridized carbons (Fsp3) is 0.500. The number of halogens is 1. The van der Waals surface area contributed by atoms with Crippen LogP contribution in [0.4, 0.5) is 0 Å². The highest BCUT2D eigenvalue weighted by Crippen LogP contribution is 2.36. The van der Waals surface area contributed by atoms with E-state index in [0.717, 1.165) is 37.6 Å². The Balaban J connectivity index is 0.00000133. The Morgan fingerprint density at radius 3 is 2.63 bits per heavy atom. The maximum absolute atomic E-state index is 11.0. The van der Waals surface area contributed by atoms with Gasteiger partial charge < -0.3 is 9.47 Å². The highest BCUT2D eigenvalue weighted by Gasteiger charge is 2.22. The number of ketones is 1. The lowest BCUT2D eigenvalue weighted by Crippen LogP contribution is -2.32. The third-order valence-corrected chi connectivity index (χ3v) is 3.57. The van der Waals surface area contributed by atoms with Gasteiger partial charge in [0.05, 0.1) is 0 Å². The van der Waals surface area contributed by atoms with Gasteiger partial charge in [0.1, 0.15) is 5.78 Å². The fourth-order valence-corrected chi connectivity index (χ4v) is 2.51. The van der Waals surface area contributed by atoms with Crippen molar-refractivity contribution in [3.8, 4) is 11.5 Å². The SMILES string of the molecule is CC(=O)CCN1CCc2cc3c(cc2C1)OCO3.Cl. The first-order valence-electron chi connectivity index (χ1n) is 6.35. The first kappa shape index (κ1) is 14.2. The molecule has 19 heavy (non-hydrogen) atoms. The quantitative estimate of drug-likeness (QED) is 0.852. The summed E-state index contributed by atoms with van der Waals surface area (Å²) >= 11 is 0. The van der Waals surface area contributed by atoms with Gasteiger partial charge in [0.25, 0.3) is 0 Å². The molecule has 0 saturated carbocycles. The van der Waals surface area contributed by atoms with E-state index in [0.29, 0.717) is 13.2 Å². The van der Waals surface area contributed by atoms with Crippen molar-refractivity contribution >= 4 is 18.2 Å². The van der Waals surface area contributed by atoms with Crippen molar-refractivity contribution in [2.24, 2.45) is 0 Å². The van der Waals surface area contributed by atoms with E-state index >= 15 is 0 Å². The van der Waals surface area contributed by atoms with Gasteiger partial charge in [-0.1, -0.05) is 0 Å². The van der Waals surface area contributed by atoms with Crippen LogP contribution in [0.2, 0.25) is 0 Å². The molecule has 0 saturated heterocycles. The standard InChI is InChI=1S/C14H17NO3.ClH/c1-10(16)2-4-15-5-3-11-6-13-14(18-9-17-13)7-12(11)8-15;/h6-7H,2-5,8-9H2,1H3;1H. The molecule has 2 heterocycles. The molecule has 0 amide bonds. The van der Waals surface area contributed by atoms with Crippen molar-refractivity contribution in [3.63, 3.8) is 0 Å². The van der Waals surface area contributed by atoms with Crippen LogP contribution in [-0.2, 0) is 17.8 Å². The molecule has 4 nitrogen and oxygen atoms in total. The number of Topliss-reactive ketones (excluding diaryl/α,β-unsaturated/α-hetero) is 1. The van der Waals surface area contributed by atoms with Crippen LogP contribution in [0, 0.1) is 0 Å². The maximum Gasteiger partial charge on any atom is 0.231 e. The second kappa shape index (κ2) is 5.80. The molecule has 1 aromatic rings. The lowest BCUT2D eigenvalue weighted by molar-refractivity contribution is -0.117. The van der Waals surface area contributed by atoms with Crippen LogP contribution in [0.25, 0.3) is 0 Å². The zero-order valence-corrected chi connectivity index (χ0v) is 11.8. The molecule has 104 valence electrons. The fourth-order valence-electron chi connectivity index (χ4n) is 2.51. The zero-order chi connectivity index (χ0) is 12.5. The van der Waals surface area contributed by atoms with E-state index in [1.807, 2.05) is 0 Å². The van der Waals surface area contributed by atoms with Crippen LogP contribution in [0.1, 0.15) is 24.5 Å². The lowest BCUT2D eigenvalue weighted by Gasteiger charge is -2.28. The predicted octanol–water partition coefficient (Wildman–Crippen LogP) is 2.17. The molecule has 0 radical (unpaired) electrons. The molecule has 0 N–H and O–H groups in total. The average molecular weight is 284 g/mol. The van der Waals surface area contributed by atoms with Gasteiger partial charge in [0.2, 0.25) is 6.79 Å². The van der Waals surface area contributed by atoms with Crippen LogP contribution >= 0.6 is 12.4 Å². The Bertz CT molecular complexity index is 490. The van der Waals surface area contributed by atoms with Crippen molar-refractivity contribution in [1.82, 2.24) is 4.90 Å². The summed E-state index contributed by atoms with van der Waals surface area (Å²) in [4.78, 5) is 13.3. The van der Waals surface area contributed by atoms with Gasteiger partial charge in [-0.25, -0.2) is 0 Å². The van der Waals surface area contributed by atoms with Crippen LogP contribution < -0.4 is 9.47 Å². The second-order valence-corrected chi connectivity index (χ2v) is 4.95. The summed E-state index contributed by atoms with van der Waals surface area (Å²) in [7, 11) is 0. The van der Waals surface area contributed by atoms with E-state index in [1.165, 1.54) is 11.1 Å². The molecule has 3 rings (SSSR count). The summed E-state index contributed by atoms with van der Waals surface area (Å²) in [6.07, 6.45) is 1.66. The van der Waals surface area contributed by atoms with E-state index in [1.54, 1.807) is 6.92 Å². The molecule has 0 aliphatic carbocycles. The number of nitrogens with zero attached hydrogens (tertiary/aromatic N) is 1. The van der Waals surface area contributed by atoms with Crippen molar-refractivity contribution < 1.29 is 14.3 Å². The van der Waals surface area contributed by atoms with Gasteiger partial charge in [-0.3, -0.25) is 9.69 Å². The first-order valence-corrected chi connectivity index (χ1v) is 6.35. The molecule has 5 heteroatoms. The van der Waals surface area contributed by atoms with E-state index in [-0.39, 0.29) is 18.2 Å². The number of benzene rings is 1. The summed E-state index contributed by atoms with van der Waals surface area (Å²) in [5.41, 5.74) is 2.65. The summed E-state index contributed by atoms with van der Waals surface area (Å²) in [6.45, 7) is 4.74. The van der Waals surface area contributed by atoms with Crippen molar-refractivity contribution in [2.45, 2.75) is 26.3 Å². The van der Waals surface area contributed by atoms with Crippen LogP contribution in [0.15, 0.2) is 12.1 Å². The third-order valence-electron chi connectivity index (χ3n) is 3.57. The number of carbonyl (C=O) groups excluding carboxylic acids is 1. The van der Waals surface area contributed by atoms with Gasteiger partial charge >= 0.3 is 0 Å². The monoisotopic (exact) mass is 283 g/mol. The summed E-state index contributed by atoms with van der Waals surface area (Å²) in [5, 5.41) is 0. The normalized spacial score (nSPS) is 16.7. The maximum atomic E-state index is 11.0. The molecule has 0 unspecified atom stereocenters. The number of rotatable bonds is 3. The minimum absolute atomic E-state index is 0. The molecule has 0 aromatic heterocycles. The first-order chi connectivity index (χ1) is 8.72. The molecule has 0 fully saturated rings. The lowest BCUT2D eigenvalue weighted by atomic mass is 9.98. The van der Waals surface area contributed by atoms with Crippen molar-refractivity contribution in [1.29, 1.82) is 0 Å². The molecule has 0 spiro atoms. The minimum atomic E-state index is 0. The van der Waals surface area contributed by atoms with E-state index in [9.17, 15) is 4.79 Å². The Kier molecular flexibility index (Phi) is 4.32. The van der Waals surface area contributed by atoms with Crippen LogP contribution in [-0.4, -0.2) is 30.6 Å². The number of hydrogen-bond acceptors (Lipinski definition) is 4. The highest BCUT2D eigenvalue weighted by atomic mass is 35.5. The Hall–Kier alpha value is -1.26. The molecular formula is C14H18ClNO3. The molecule has 0 atom stereocenters. The Morgan fingerprint density at radius 2 is 1.95 bits per heavy atom. The van der Waals surface area contributed by atoms with Crippen molar-refractivity contribution in [2.75, 3.05) is 19.9 Å². The van der Waals surface area contributed by atoms with E-state index < -0.39 is 0 Å². The average Bonchev–Trinajstić information content (AvgIpc) is 2.80. The van der Waals surface area contributed by atoms with Gasteiger partial charge in [-0.2, -0.15) is 0 Å². The van der Waals surface area contributed by atoms with Gasteiger partial charge in [0.15, 0.2) is 11.5 Å². The third kappa shape index (κ3) is 3.01. The molecule has 2 aliphatic heterocycles. The number of fused-ring (bicyclic) bond motifs is 2. The van der Waals surface area contributed by atoms with E-state index in [4.69, 9.17) is 9.47 Å². The van der Waals surface area contributed by atoms with Crippen LogP contribution in [0.3, 0.4) is 0 Å². The minimum Gasteiger partial charge on any atom is -0.454 e. The van der Waals surface area contributed by atoms with Gasteiger partial charge in [0, 0.05) is 26.1 Å².